The van der Waals surface area contributed by atoms with Crippen molar-refractivity contribution in [2.24, 2.45) is 5.92 Å². The van der Waals surface area contributed by atoms with Gasteiger partial charge >= 0.3 is 5.97 Å². The van der Waals surface area contributed by atoms with Gasteiger partial charge in [-0.1, -0.05) is 24.3 Å². The maximum atomic E-state index is 14.0. The van der Waals surface area contributed by atoms with E-state index in [1.54, 1.807) is 0 Å². The lowest BCUT2D eigenvalue weighted by Gasteiger charge is -2.30. The molecule has 1 aliphatic rings. The number of carbonyl (C=O) groups is 1. The number of rotatable bonds is 11. The number of fused-ring (bicyclic) bond motifs is 1. The number of carboxylic acid groups (broad SMARTS) is 1. The molecule has 1 unspecified atom stereocenters. The maximum absolute atomic E-state index is 14.0. The van der Waals surface area contributed by atoms with Crippen LogP contribution in [0, 0.1) is 17.6 Å². The maximum Gasteiger partial charge on any atom is 0.303 e. The molecule has 3 rings (SSSR count). The van der Waals surface area contributed by atoms with E-state index in [0.29, 0.717) is 11.5 Å². The van der Waals surface area contributed by atoms with E-state index in [-0.39, 0.29) is 49.7 Å². The van der Waals surface area contributed by atoms with Gasteiger partial charge in [-0.3, -0.25) is 4.79 Å². The van der Waals surface area contributed by atoms with E-state index in [4.69, 9.17) is 9.84 Å². The van der Waals surface area contributed by atoms with E-state index in [1.165, 1.54) is 17.2 Å². The average Bonchev–Trinajstić information content (AvgIpc) is 3.13. The van der Waals surface area contributed by atoms with E-state index in [2.05, 4.69) is 43.4 Å². The smallest absolute Gasteiger partial charge is 0.303 e. The first-order valence-corrected chi connectivity index (χ1v) is 11.0. The monoisotopic (exact) mass is 483 g/mol. The third kappa shape index (κ3) is 7.95. The molecule has 0 saturated carbocycles. The van der Waals surface area contributed by atoms with Crippen molar-refractivity contribution in [1.82, 2.24) is 5.32 Å². The minimum Gasteiger partial charge on any atom is -0.488 e. The fourth-order valence-electron chi connectivity index (χ4n) is 4.35. The van der Waals surface area contributed by atoms with Gasteiger partial charge in [-0.25, -0.2) is 4.39 Å². The van der Waals surface area contributed by atoms with Crippen LogP contribution in [0.15, 0.2) is 36.4 Å². The van der Waals surface area contributed by atoms with Crippen molar-refractivity contribution in [3.63, 3.8) is 0 Å². The zero-order chi connectivity index (χ0) is 23.3. The van der Waals surface area contributed by atoms with E-state index >= 15 is 0 Å². The lowest BCUT2D eigenvalue weighted by Crippen LogP contribution is -2.46. The molecule has 182 valence electrons. The Morgan fingerprint density at radius 2 is 1.85 bits per heavy atom. The lowest BCUT2D eigenvalue weighted by atomic mass is 9.88. The summed E-state index contributed by atoms with van der Waals surface area (Å²) < 4.78 is 33.2. The molecule has 33 heavy (non-hydrogen) atoms. The largest absolute Gasteiger partial charge is 0.488 e. The molecule has 0 aromatic heterocycles. The molecular formula is C25H32ClF2NO4. The Morgan fingerprint density at radius 1 is 1.21 bits per heavy atom. The molecule has 0 bridgehead atoms. The van der Waals surface area contributed by atoms with Crippen LogP contribution >= 0.6 is 12.4 Å². The zero-order valence-electron chi connectivity index (χ0n) is 18.9. The van der Waals surface area contributed by atoms with Crippen molar-refractivity contribution in [2.45, 2.75) is 57.6 Å². The topological polar surface area (TPSA) is 78.8 Å². The number of benzene rings is 2. The van der Waals surface area contributed by atoms with Gasteiger partial charge in [0.2, 0.25) is 5.82 Å². The molecule has 0 amide bonds. The summed E-state index contributed by atoms with van der Waals surface area (Å²) in [4.78, 5) is 10.7. The highest BCUT2D eigenvalue weighted by atomic mass is 35.5. The highest BCUT2D eigenvalue weighted by Crippen LogP contribution is 2.32. The van der Waals surface area contributed by atoms with Gasteiger partial charge in [0, 0.05) is 18.5 Å². The minimum atomic E-state index is -1.15. The minimum absolute atomic E-state index is 0. The van der Waals surface area contributed by atoms with Gasteiger partial charge in [0.25, 0.3) is 0 Å². The third-order valence-electron chi connectivity index (χ3n) is 5.86. The number of aliphatic carboxylic acids is 1. The molecule has 1 aliphatic carbocycles. The molecule has 0 spiro atoms. The summed E-state index contributed by atoms with van der Waals surface area (Å²) in [6.45, 7) is 4.21. The Hall–Kier alpha value is -2.22. The third-order valence-corrected chi connectivity index (χ3v) is 5.86. The summed E-state index contributed by atoms with van der Waals surface area (Å²) in [7, 11) is 0. The van der Waals surface area contributed by atoms with Crippen molar-refractivity contribution >= 4 is 18.4 Å². The number of ether oxygens (including phenoxy) is 1. The predicted molar refractivity (Wildman–Crippen MR) is 125 cm³/mol. The second-order valence-electron chi connectivity index (χ2n) is 9.26. The lowest BCUT2D eigenvalue weighted by molar-refractivity contribution is -0.136. The Labute approximate surface area is 199 Å². The number of carboxylic acids is 1. The first-order chi connectivity index (χ1) is 15.1. The first kappa shape index (κ1) is 27.0. The normalized spacial score (nSPS) is 14.5. The summed E-state index contributed by atoms with van der Waals surface area (Å²) in [6, 6.07) is 10.7. The standard InChI is InChI=1S/C25H31F2NO4.ClH/c1-25(2,13-17-9-18-5-3-4-6-19(18)10-17)28-14-20(29)15-32-22-12-16(7-8-23(30)31)11-21(26)24(22)27;/h3-6,11-12,17,20,28-29H,7-10,13-15H2,1-2H3,(H,30,31);1H. The Kier molecular flexibility index (Phi) is 9.64. The fraction of sp³-hybridized carbons (Fsp3) is 0.480. The van der Waals surface area contributed by atoms with Gasteiger partial charge in [0.1, 0.15) is 12.7 Å². The molecule has 0 aliphatic heterocycles. The number of nitrogens with one attached hydrogen (secondary N) is 1. The van der Waals surface area contributed by atoms with Crippen LogP contribution in [-0.2, 0) is 24.1 Å². The summed E-state index contributed by atoms with van der Waals surface area (Å²) in [5.41, 5.74) is 2.93. The molecule has 0 radical (unpaired) electrons. The average molecular weight is 484 g/mol. The Balaban J connectivity index is 0.00000385. The van der Waals surface area contributed by atoms with E-state index < -0.39 is 23.7 Å². The molecule has 3 N–H and O–H groups in total. The van der Waals surface area contributed by atoms with Gasteiger partial charge in [-0.15, -0.1) is 12.4 Å². The Morgan fingerprint density at radius 3 is 2.45 bits per heavy atom. The van der Waals surface area contributed by atoms with Crippen LogP contribution < -0.4 is 10.1 Å². The number of aliphatic hydroxyl groups excluding tert-OH is 1. The second kappa shape index (κ2) is 11.8. The van der Waals surface area contributed by atoms with Crippen molar-refractivity contribution in [1.29, 1.82) is 0 Å². The van der Waals surface area contributed by atoms with Gasteiger partial charge in [0.05, 0.1) is 0 Å². The number of aryl methyl sites for hydroxylation is 1. The fourth-order valence-corrected chi connectivity index (χ4v) is 4.35. The summed E-state index contributed by atoms with van der Waals surface area (Å²) in [5, 5.41) is 22.4. The molecule has 0 saturated heterocycles. The first-order valence-electron chi connectivity index (χ1n) is 11.0. The van der Waals surface area contributed by atoms with Crippen LogP contribution in [-0.4, -0.2) is 41.0 Å². The number of hydrogen-bond donors (Lipinski definition) is 3. The number of hydrogen-bond acceptors (Lipinski definition) is 4. The van der Waals surface area contributed by atoms with Crippen LogP contribution in [0.4, 0.5) is 8.78 Å². The van der Waals surface area contributed by atoms with Crippen LogP contribution in [0.3, 0.4) is 0 Å². The molecule has 0 heterocycles. The molecule has 1 atom stereocenters. The quantitative estimate of drug-likeness (QED) is 0.443. The molecule has 2 aromatic carbocycles. The van der Waals surface area contributed by atoms with E-state index in [1.807, 2.05) is 0 Å². The van der Waals surface area contributed by atoms with E-state index in [9.17, 15) is 18.7 Å². The zero-order valence-corrected chi connectivity index (χ0v) is 19.8. The molecule has 8 heteroatoms. The highest BCUT2D eigenvalue weighted by molar-refractivity contribution is 5.85. The number of halogens is 3. The van der Waals surface area contributed by atoms with Crippen molar-refractivity contribution < 1.29 is 28.5 Å². The van der Waals surface area contributed by atoms with Crippen molar-refractivity contribution in [2.75, 3.05) is 13.2 Å². The second-order valence-corrected chi connectivity index (χ2v) is 9.26. The molecular weight excluding hydrogens is 452 g/mol. The van der Waals surface area contributed by atoms with Gasteiger partial charge in [-0.05, 0) is 74.3 Å². The predicted octanol–water partition coefficient (Wildman–Crippen LogP) is 4.32. The van der Waals surface area contributed by atoms with Gasteiger partial charge < -0.3 is 20.3 Å². The van der Waals surface area contributed by atoms with Gasteiger partial charge in [0.15, 0.2) is 11.6 Å². The summed E-state index contributed by atoms with van der Waals surface area (Å²) >= 11 is 0. The van der Waals surface area contributed by atoms with Crippen molar-refractivity contribution in [3.8, 4) is 5.75 Å². The molecule has 5 nitrogen and oxygen atoms in total. The number of aliphatic hydroxyl groups is 1. The highest BCUT2D eigenvalue weighted by Gasteiger charge is 2.28. The van der Waals surface area contributed by atoms with E-state index in [0.717, 1.165) is 25.3 Å². The van der Waals surface area contributed by atoms with Crippen LogP contribution in [0.1, 0.15) is 43.4 Å². The summed E-state index contributed by atoms with van der Waals surface area (Å²) in [5.74, 6) is -3.07. The van der Waals surface area contributed by atoms with Gasteiger partial charge in [-0.2, -0.15) is 4.39 Å². The molecule has 2 aromatic rings. The summed E-state index contributed by atoms with van der Waals surface area (Å²) in [6.07, 6.45) is 2.00. The van der Waals surface area contributed by atoms with Crippen LogP contribution in [0.25, 0.3) is 0 Å². The number of β-amino-alcohol motifs (C(OH)–C–C–N with tert-alkyl or cyclic N) is 1. The Bertz CT molecular complexity index is 929. The van der Waals surface area contributed by atoms with Crippen LogP contribution in [0.2, 0.25) is 0 Å². The van der Waals surface area contributed by atoms with Crippen LogP contribution in [0.5, 0.6) is 5.75 Å². The SMILES string of the molecule is CC(C)(CC1Cc2ccccc2C1)NCC(O)COc1cc(CCC(=O)O)cc(F)c1F.Cl. The molecule has 0 fully saturated rings. The van der Waals surface area contributed by atoms with Crippen molar-refractivity contribution in [3.05, 3.63) is 64.7 Å².